The number of hydrogen-bond donors (Lipinski definition) is 1. The van der Waals surface area contributed by atoms with Crippen molar-refractivity contribution in [1.29, 1.82) is 0 Å². The van der Waals surface area contributed by atoms with E-state index in [0.29, 0.717) is 6.61 Å². The van der Waals surface area contributed by atoms with Crippen LogP contribution >= 0.6 is 0 Å². The minimum Gasteiger partial charge on any atom is -0.494 e. The molecule has 3 heteroatoms. The quantitative estimate of drug-likeness (QED) is 0.893. The van der Waals surface area contributed by atoms with Gasteiger partial charge in [0.1, 0.15) is 11.6 Å². The van der Waals surface area contributed by atoms with Crippen molar-refractivity contribution in [2.75, 3.05) is 13.7 Å². The molecule has 106 valence electrons. The number of nitrogens with one attached hydrogen (secondary N) is 1. The standard InChI is InChI=1S/C17H20FNO/c1-4-20-16-8-6-5-7-14(16)17(19-3)15-11-13(18)10-9-12(15)2/h5-11,17,19H,4H2,1-3H3. The summed E-state index contributed by atoms with van der Waals surface area (Å²) >= 11 is 0. The Morgan fingerprint density at radius 1 is 1.15 bits per heavy atom. The Hall–Kier alpha value is -1.87. The molecule has 0 radical (unpaired) electrons. The van der Waals surface area contributed by atoms with Gasteiger partial charge in [-0.25, -0.2) is 4.39 Å². The van der Waals surface area contributed by atoms with Crippen LogP contribution < -0.4 is 10.1 Å². The van der Waals surface area contributed by atoms with Crippen LogP contribution in [0.4, 0.5) is 4.39 Å². The van der Waals surface area contributed by atoms with E-state index in [1.807, 2.05) is 45.2 Å². The van der Waals surface area contributed by atoms with E-state index in [4.69, 9.17) is 4.74 Å². The van der Waals surface area contributed by atoms with Crippen LogP contribution in [0.3, 0.4) is 0 Å². The van der Waals surface area contributed by atoms with Crippen molar-refractivity contribution < 1.29 is 9.13 Å². The van der Waals surface area contributed by atoms with E-state index in [1.54, 1.807) is 12.1 Å². The summed E-state index contributed by atoms with van der Waals surface area (Å²) in [6.07, 6.45) is 0. The Morgan fingerprint density at radius 2 is 1.90 bits per heavy atom. The number of para-hydroxylation sites is 1. The van der Waals surface area contributed by atoms with Gasteiger partial charge in [-0.3, -0.25) is 0 Å². The second-order valence-electron chi connectivity index (χ2n) is 4.69. The average Bonchev–Trinajstić information content (AvgIpc) is 2.45. The molecular weight excluding hydrogens is 253 g/mol. The molecule has 0 aliphatic rings. The van der Waals surface area contributed by atoms with Gasteiger partial charge in [0.25, 0.3) is 0 Å². The lowest BCUT2D eigenvalue weighted by Gasteiger charge is -2.22. The Morgan fingerprint density at radius 3 is 2.60 bits per heavy atom. The molecule has 1 atom stereocenters. The van der Waals surface area contributed by atoms with Crippen molar-refractivity contribution >= 4 is 0 Å². The lowest BCUT2D eigenvalue weighted by molar-refractivity contribution is 0.334. The van der Waals surface area contributed by atoms with E-state index >= 15 is 0 Å². The normalized spacial score (nSPS) is 12.2. The van der Waals surface area contributed by atoms with E-state index in [2.05, 4.69) is 5.32 Å². The average molecular weight is 273 g/mol. The maximum Gasteiger partial charge on any atom is 0.124 e. The van der Waals surface area contributed by atoms with Crippen LogP contribution in [0.15, 0.2) is 42.5 Å². The Labute approximate surface area is 119 Å². The lowest BCUT2D eigenvalue weighted by Crippen LogP contribution is -2.20. The zero-order valence-electron chi connectivity index (χ0n) is 12.1. The zero-order valence-corrected chi connectivity index (χ0v) is 12.1. The molecule has 1 N–H and O–H groups in total. The van der Waals surface area contributed by atoms with E-state index in [0.717, 1.165) is 22.4 Å². The van der Waals surface area contributed by atoms with Crippen LogP contribution in [-0.4, -0.2) is 13.7 Å². The van der Waals surface area contributed by atoms with Crippen molar-refractivity contribution in [2.24, 2.45) is 0 Å². The van der Waals surface area contributed by atoms with Gasteiger partial charge in [0, 0.05) is 5.56 Å². The number of rotatable bonds is 5. The van der Waals surface area contributed by atoms with E-state index in [1.165, 1.54) is 6.07 Å². The van der Waals surface area contributed by atoms with Crippen LogP contribution in [-0.2, 0) is 0 Å². The van der Waals surface area contributed by atoms with E-state index in [9.17, 15) is 4.39 Å². The van der Waals surface area contributed by atoms with Crippen LogP contribution in [0.5, 0.6) is 5.75 Å². The van der Waals surface area contributed by atoms with Gasteiger partial charge >= 0.3 is 0 Å². The second kappa shape index (κ2) is 6.53. The predicted molar refractivity (Wildman–Crippen MR) is 79.7 cm³/mol. The van der Waals surface area contributed by atoms with Crippen LogP contribution in [0.25, 0.3) is 0 Å². The first kappa shape index (κ1) is 14.5. The van der Waals surface area contributed by atoms with Crippen molar-refractivity contribution in [3.05, 3.63) is 65.0 Å². The highest BCUT2D eigenvalue weighted by Crippen LogP contribution is 2.31. The molecule has 0 aliphatic heterocycles. The van der Waals surface area contributed by atoms with Gasteiger partial charge in [0.15, 0.2) is 0 Å². The molecule has 0 amide bonds. The van der Waals surface area contributed by atoms with E-state index in [-0.39, 0.29) is 11.9 Å². The first-order valence-corrected chi connectivity index (χ1v) is 6.82. The summed E-state index contributed by atoms with van der Waals surface area (Å²) in [5, 5.41) is 3.25. The first-order chi connectivity index (χ1) is 9.67. The van der Waals surface area contributed by atoms with Gasteiger partial charge < -0.3 is 10.1 Å². The largest absolute Gasteiger partial charge is 0.494 e. The van der Waals surface area contributed by atoms with Gasteiger partial charge in [-0.15, -0.1) is 0 Å². The number of benzene rings is 2. The van der Waals surface area contributed by atoms with Crippen LogP contribution in [0.2, 0.25) is 0 Å². The maximum absolute atomic E-state index is 13.5. The summed E-state index contributed by atoms with van der Waals surface area (Å²) in [4.78, 5) is 0. The fraction of sp³-hybridized carbons (Fsp3) is 0.294. The summed E-state index contributed by atoms with van der Waals surface area (Å²) < 4.78 is 19.2. The van der Waals surface area contributed by atoms with Crippen LogP contribution in [0, 0.1) is 12.7 Å². The van der Waals surface area contributed by atoms with Gasteiger partial charge in [0.05, 0.1) is 12.6 Å². The molecule has 0 fully saturated rings. The zero-order chi connectivity index (χ0) is 14.5. The van der Waals surface area contributed by atoms with Gasteiger partial charge in [-0.05, 0) is 50.2 Å². The molecule has 0 aliphatic carbocycles. The molecule has 0 saturated heterocycles. The molecule has 0 bridgehead atoms. The van der Waals surface area contributed by atoms with Gasteiger partial charge in [0.2, 0.25) is 0 Å². The second-order valence-corrected chi connectivity index (χ2v) is 4.69. The van der Waals surface area contributed by atoms with E-state index < -0.39 is 0 Å². The minimum atomic E-state index is -0.222. The molecule has 2 rings (SSSR count). The van der Waals surface area contributed by atoms with Crippen molar-refractivity contribution in [1.82, 2.24) is 5.32 Å². The van der Waals surface area contributed by atoms with Crippen molar-refractivity contribution in [3.63, 3.8) is 0 Å². The van der Waals surface area contributed by atoms with Crippen molar-refractivity contribution in [2.45, 2.75) is 19.9 Å². The SMILES string of the molecule is CCOc1ccccc1C(NC)c1cc(F)ccc1C. The molecule has 2 aromatic rings. The third-order valence-corrected chi connectivity index (χ3v) is 3.37. The summed E-state index contributed by atoms with van der Waals surface area (Å²) in [7, 11) is 1.87. The highest BCUT2D eigenvalue weighted by Gasteiger charge is 2.18. The smallest absolute Gasteiger partial charge is 0.124 e. The highest BCUT2D eigenvalue weighted by atomic mass is 19.1. The number of hydrogen-bond acceptors (Lipinski definition) is 2. The first-order valence-electron chi connectivity index (χ1n) is 6.82. The fourth-order valence-corrected chi connectivity index (χ4v) is 2.41. The summed E-state index contributed by atoms with van der Waals surface area (Å²) in [5.74, 6) is 0.609. The molecule has 0 spiro atoms. The van der Waals surface area contributed by atoms with Crippen LogP contribution in [0.1, 0.15) is 29.7 Å². The van der Waals surface area contributed by atoms with Gasteiger partial charge in [-0.1, -0.05) is 24.3 Å². The summed E-state index contributed by atoms with van der Waals surface area (Å²) in [6, 6.07) is 12.6. The molecule has 0 saturated carbocycles. The molecule has 20 heavy (non-hydrogen) atoms. The van der Waals surface area contributed by atoms with Crippen molar-refractivity contribution in [3.8, 4) is 5.75 Å². The third-order valence-electron chi connectivity index (χ3n) is 3.37. The molecule has 0 aromatic heterocycles. The fourth-order valence-electron chi connectivity index (χ4n) is 2.41. The topological polar surface area (TPSA) is 21.3 Å². The summed E-state index contributed by atoms with van der Waals surface area (Å²) in [5.41, 5.74) is 3.00. The number of aryl methyl sites for hydroxylation is 1. The lowest BCUT2D eigenvalue weighted by atomic mass is 9.94. The maximum atomic E-state index is 13.5. The van der Waals surface area contributed by atoms with Gasteiger partial charge in [-0.2, -0.15) is 0 Å². The molecule has 1 unspecified atom stereocenters. The molecular formula is C17H20FNO. The number of ether oxygens (including phenoxy) is 1. The monoisotopic (exact) mass is 273 g/mol. The molecule has 2 aromatic carbocycles. The Bertz CT molecular complexity index is 583. The number of halogens is 1. The highest BCUT2D eigenvalue weighted by molar-refractivity contribution is 5.44. The third kappa shape index (κ3) is 2.99. The molecule has 0 heterocycles. The molecule has 2 nitrogen and oxygen atoms in total. The Kier molecular flexibility index (Phi) is 4.74. The summed E-state index contributed by atoms with van der Waals surface area (Å²) in [6.45, 7) is 4.55. The Balaban J connectivity index is 2.49. The predicted octanol–water partition coefficient (Wildman–Crippen LogP) is 3.84. The minimum absolute atomic E-state index is 0.0894.